The summed E-state index contributed by atoms with van der Waals surface area (Å²) in [6.45, 7) is 5.23. The average molecular weight is 194 g/mol. The molecule has 0 spiro atoms. The van der Waals surface area contributed by atoms with Gasteiger partial charge in [0.2, 0.25) is 0 Å². The lowest BCUT2D eigenvalue weighted by molar-refractivity contribution is -0.128. The SMILES string of the molecule is CC(C)CCOC=O.c1ccccc1. The first kappa shape index (κ1) is 12.7. The van der Waals surface area contributed by atoms with Gasteiger partial charge in [0.25, 0.3) is 6.47 Å². The summed E-state index contributed by atoms with van der Waals surface area (Å²) in [6, 6.07) is 12.0. The van der Waals surface area contributed by atoms with E-state index >= 15 is 0 Å². The van der Waals surface area contributed by atoms with E-state index in [1.54, 1.807) is 0 Å². The van der Waals surface area contributed by atoms with Crippen LogP contribution in [0, 0.1) is 5.92 Å². The lowest BCUT2D eigenvalue weighted by atomic mass is 10.1. The summed E-state index contributed by atoms with van der Waals surface area (Å²) in [5.41, 5.74) is 0. The van der Waals surface area contributed by atoms with Gasteiger partial charge in [-0.1, -0.05) is 50.2 Å². The van der Waals surface area contributed by atoms with Crippen molar-refractivity contribution in [3.05, 3.63) is 36.4 Å². The molecule has 2 nitrogen and oxygen atoms in total. The van der Waals surface area contributed by atoms with Crippen molar-refractivity contribution in [3.8, 4) is 0 Å². The second kappa shape index (κ2) is 9.78. The van der Waals surface area contributed by atoms with Gasteiger partial charge in [0, 0.05) is 0 Å². The van der Waals surface area contributed by atoms with Crippen LogP contribution in [0.25, 0.3) is 0 Å². The normalized spacial score (nSPS) is 8.79. The maximum absolute atomic E-state index is 9.56. The van der Waals surface area contributed by atoms with Gasteiger partial charge in [0.05, 0.1) is 6.61 Å². The van der Waals surface area contributed by atoms with Gasteiger partial charge in [-0.25, -0.2) is 0 Å². The molecule has 1 aromatic carbocycles. The van der Waals surface area contributed by atoms with E-state index in [1.807, 2.05) is 36.4 Å². The van der Waals surface area contributed by atoms with Crippen LogP contribution in [0.5, 0.6) is 0 Å². The van der Waals surface area contributed by atoms with Gasteiger partial charge in [0.15, 0.2) is 0 Å². The second-order valence-electron chi connectivity index (χ2n) is 3.30. The van der Waals surface area contributed by atoms with Crippen LogP contribution >= 0.6 is 0 Å². The second-order valence-corrected chi connectivity index (χ2v) is 3.30. The molecule has 0 amide bonds. The highest BCUT2D eigenvalue weighted by molar-refractivity contribution is 5.36. The van der Waals surface area contributed by atoms with E-state index in [-0.39, 0.29) is 0 Å². The van der Waals surface area contributed by atoms with Gasteiger partial charge >= 0.3 is 0 Å². The Hall–Kier alpha value is -1.31. The molecule has 0 saturated carbocycles. The summed E-state index contributed by atoms with van der Waals surface area (Å²) in [7, 11) is 0. The molecule has 0 aliphatic carbocycles. The van der Waals surface area contributed by atoms with Crippen molar-refractivity contribution >= 4 is 6.47 Å². The van der Waals surface area contributed by atoms with E-state index in [0.717, 1.165) is 6.42 Å². The van der Waals surface area contributed by atoms with Crippen LogP contribution in [0.4, 0.5) is 0 Å². The quantitative estimate of drug-likeness (QED) is 0.544. The Morgan fingerprint density at radius 3 is 1.79 bits per heavy atom. The third kappa shape index (κ3) is 10.7. The minimum absolute atomic E-state index is 0.488. The Labute approximate surface area is 85.9 Å². The summed E-state index contributed by atoms with van der Waals surface area (Å²) < 4.78 is 4.46. The average Bonchev–Trinajstić information content (AvgIpc) is 2.21. The van der Waals surface area contributed by atoms with Gasteiger partial charge in [-0.05, 0) is 12.3 Å². The minimum atomic E-state index is 0.488. The van der Waals surface area contributed by atoms with Crippen LogP contribution in [0.2, 0.25) is 0 Å². The number of hydrogen-bond acceptors (Lipinski definition) is 2. The minimum Gasteiger partial charge on any atom is -0.468 e. The monoisotopic (exact) mass is 194 g/mol. The number of ether oxygens (including phenoxy) is 1. The van der Waals surface area contributed by atoms with Crippen molar-refractivity contribution in [2.24, 2.45) is 5.92 Å². The molecule has 0 fully saturated rings. The Balaban J connectivity index is 0.000000249. The molecule has 0 unspecified atom stereocenters. The first-order valence-corrected chi connectivity index (χ1v) is 4.82. The Morgan fingerprint density at radius 1 is 1.07 bits per heavy atom. The molecule has 0 bridgehead atoms. The maximum Gasteiger partial charge on any atom is 0.293 e. The van der Waals surface area contributed by atoms with Crippen molar-refractivity contribution in [1.82, 2.24) is 0 Å². The van der Waals surface area contributed by atoms with Gasteiger partial charge in [-0.3, -0.25) is 4.79 Å². The zero-order valence-electron chi connectivity index (χ0n) is 8.85. The molecule has 1 aromatic rings. The molecule has 78 valence electrons. The summed E-state index contributed by atoms with van der Waals surface area (Å²) in [5.74, 6) is 0.620. The van der Waals surface area contributed by atoms with Crippen LogP contribution in [0.3, 0.4) is 0 Å². The molecule has 0 aliphatic heterocycles. The van der Waals surface area contributed by atoms with Crippen LogP contribution < -0.4 is 0 Å². The van der Waals surface area contributed by atoms with E-state index in [0.29, 0.717) is 19.0 Å². The Bertz CT molecular complexity index is 180. The van der Waals surface area contributed by atoms with E-state index in [1.165, 1.54) is 0 Å². The van der Waals surface area contributed by atoms with Crippen LogP contribution in [-0.4, -0.2) is 13.1 Å². The molecule has 0 aliphatic rings. The molecule has 0 radical (unpaired) electrons. The van der Waals surface area contributed by atoms with Crippen LogP contribution in [-0.2, 0) is 9.53 Å². The van der Waals surface area contributed by atoms with Crippen molar-refractivity contribution in [2.45, 2.75) is 20.3 Å². The van der Waals surface area contributed by atoms with E-state index < -0.39 is 0 Å². The number of carbonyl (C=O) groups is 1. The molecular weight excluding hydrogens is 176 g/mol. The van der Waals surface area contributed by atoms with E-state index in [2.05, 4.69) is 18.6 Å². The van der Waals surface area contributed by atoms with Crippen molar-refractivity contribution in [1.29, 1.82) is 0 Å². The highest BCUT2D eigenvalue weighted by atomic mass is 16.5. The first-order valence-electron chi connectivity index (χ1n) is 4.82. The topological polar surface area (TPSA) is 26.3 Å². The molecule has 0 saturated heterocycles. The standard InChI is InChI=1S/C6H12O2.C6H6/c1-6(2)3-4-8-5-7;1-2-4-6-5-3-1/h5-6H,3-4H2,1-2H3;1-6H. The lowest BCUT2D eigenvalue weighted by Crippen LogP contribution is -1.96. The predicted octanol–water partition coefficient (Wildman–Crippen LogP) is 2.89. The lowest BCUT2D eigenvalue weighted by Gasteiger charge is -2.00. The fraction of sp³-hybridized carbons (Fsp3) is 0.417. The zero-order valence-corrected chi connectivity index (χ0v) is 8.85. The van der Waals surface area contributed by atoms with Crippen molar-refractivity contribution < 1.29 is 9.53 Å². The van der Waals surface area contributed by atoms with Gasteiger partial charge in [-0.15, -0.1) is 0 Å². The molecule has 14 heavy (non-hydrogen) atoms. The molecule has 0 N–H and O–H groups in total. The van der Waals surface area contributed by atoms with Gasteiger partial charge < -0.3 is 4.74 Å². The van der Waals surface area contributed by atoms with Crippen molar-refractivity contribution in [3.63, 3.8) is 0 Å². The zero-order chi connectivity index (χ0) is 10.6. The van der Waals surface area contributed by atoms with E-state index in [4.69, 9.17) is 0 Å². The smallest absolute Gasteiger partial charge is 0.293 e. The molecular formula is C12H18O2. The third-order valence-corrected chi connectivity index (χ3v) is 1.55. The third-order valence-electron chi connectivity index (χ3n) is 1.55. The maximum atomic E-state index is 9.56. The first-order chi connectivity index (χ1) is 6.77. The highest BCUT2D eigenvalue weighted by Crippen LogP contribution is 1.97. The van der Waals surface area contributed by atoms with Gasteiger partial charge in [-0.2, -0.15) is 0 Å². The summed E-state index contributed by atoms with van der Waals surface area (Å²) in [4.78, 5) is 9.56. The molecule has 0 heterocycles. The fourth-order valence-corrected chi connectivity index (χ4v) is 0.737. The number of hydrogen-bond donors (Lipinski definition) is 0. The fourth-order valence-electron chi connectivity index (χ4n) is 0.737. The largest absolute Gasteiger partial charge is 0.468 e. The molecule has 2 heteroatoms. The van der Waals surface area contributed by atoms with E-state index in [9.17, 15) is 4.79 Å². The number of rotatable bonds is 4. The summed E-state index contributed by atoms with van der Waals surface area (Å²) >= 11 is 0. The van der Waals surface area contributed by atoms with Crippen molar-refractivity contribution in [2.75, 3.05) is 6.61 Å². The molecule has 1 rings (SSSR count). The molecule has 0 aromatic heterocycles. The Kier molecular flexibility index (Phi) is 8.86. The van der Waals surface area contributed by atoms with Crippen LogP contribution in [0.1, 0.15) is 20.3 Å². The Morgan fingerprint density at radius 2 is 1.50 bits per heavy atom. The number of benzene rings is 1. The predicted molar refractivity (Wildman–Crippen MR) is 57.9 cm³/mol. The highest BCUT2D eigenvalue weighted by Gasteiger charge is 1.90. The molecule has 0 atom stereocenters. The summed E-state index contributed by atoms with van der Waals surface area (Å²) in [6.07, 6.45) is 0.957. The van der Waals surface area contributed by atoms with Crippen LogP contribution in [0.15, 0.2) is 36.4 Å². The number of carbonyl (C=O) groups excluding carboxylic acids is 1. The summed E-state index contributed by atoms with van der Waals surface area (Å²) in [5, 5.41) is 0. The van der Waals surface area contributed by atoms with Gasteiger partial charge in [0.1, 0.15) is 0 Å².